The molecule has 1 aromatic carbocycles. The van der Waals surface area contributed by atoms with Crippen LogP contribution in [0.5, 0.6) is 0 Å². The maximum absolute atomic E-state index is 13.1. The zero-order valence-electron chi connectivity index (χ0n) is 16.7. The number of nitrogens with one attached hydrogen (secondary N) is 1. The van der Waals surface area contributed by atoms with Crippen molar-refractivity contribution in [1.29, 1.82) is 0 Å². The molecule has 1 aliphatic heterocycles. The maximum atomic E-state index is 13.1. The van der Waals surface area contributed by atoms with Crippen LogP contribution < -0.4 is 5.43 Å². The molecule has 1 amide bonds. The maximum Gasteiger partial charge on any atom is 0.280 e. The Morgan fingerprint density at radius 1 is 1.45 bits per heavy atom. The fourth-order valence-electron chi connectivity index (χ4n) is 4.57. The van der Waals surface area contributed by atoms with Crippen LogP contribution in [0.15, 0.2) is 46.9 Å². The monoisotopic (exact) mass is 450 g/mol. The highest BCUT2D eigenvalue weighted by atomic mass is 32.2. The third-order valence-corrected chi connectivity index (χ3v) is 7.75. The van der Waals surface area contributed by atoms with E-state index in [1.54, 1.807) is 19.1 Å². The Labute approximate surface area is 178 Å². The van der Waals surface area contributed by atoms with E-state index in [0.29, 0.717) is 4.41 Å². The highest BCUT2D eigenvalue weighted by molar-refractivity contribution is 7.89. The number of fused-ring (bicyclic) bond motifs is 1. The zero-order chi connectivity index (χ0) is 23.0. The number of amides is 1. The van der Waals surface area contributed by atoms with E-state index in [9.17, 15) is 28.4 Å². The molecular weight excluding hydrogens is 428 g/mol. The standard InChI is InChI=1S/C18H22N6O6S/c1-3-18-15(14(10-23(27)28)13(17(18)26)9-20-22-19)8-16(25)24(21-18)31(29,30)12-6-4-11(2)5-7-12/h3-7,13-15,17,21,26H,1,8-10H2,2H3/t13-,14-,15+,17+,18+/m0/s1. The molecule has 2 fully saturated rings. The lowest BCUT2D eigenvalue weighted by molar-refractivity contribution is -0.491. The first-order chi connectivity index (χ1) is 14.6. The van der Waals surface area contributed by atoms with Gasteiger partial charge in [-0.25, -0.2) is 5.43 Å². The van der Waals surface area contributed by atoms with Crippen LogP contribution in [-0.2, 0) is 14.8 Å². The van der Waals surface area contributed by atoms with Crippen LogP contribution in [0.1, 0.15) is 12.0 Å². The summed E-state index contributed by atoms with van der Waals surface area (Å²) in [5.41, 5.74) is 10.6. The second kappa shape index (κ2) is 8.27. The van der Waals surface area contributed by atoms with Gasteiger partial charge in [0.25, 0.3) is 15.9 Å². The summed E-state index contributed by atoms with van der Waals surface area (Å²) >= 11 is 0. The van der Waals surface area contributed by atoms with Gasteiger partial charge in [-0.15, -0.1) is 6.58 Å². The smallest absolute Gasteiger partial charge is 0.280 e. The van der Waals surface area contributed by atoms with Gasteiger partial charge in [0.2, 0.25) is 6.54 Å². The van der Waals surface area contributed by atoms with Gasteiger partial charge in [0.1, 0.15) is 0 Å². The van der Waals surface area contributed by atoms with Crippen molar-refractivity contribution in [2.75, 3.05) is 13.1 Å². The summed E-state index contributed by atoms with van der Waals surface area (Å²) in [6.45, 7) is 4.65. The first kappa shape index (κ1) is 22.7. The highest BCUT2D eigenvalue weighted by Crippen LogP contribution is 2.50. The van der Waals surface area contributed by atoms with Crippen molar-refractivity contribution < 1.29 is 23.2 Å². The summed E-state index contributed by atoms with van der Waals surface area (Å²) in [4.78, 5) is 26.1. The summed E-state index contributed by atoms with van der Waals surface area (Å²) in [5, 5.41) is 25.7. The van der Waals surface area contributed by atoms with Crippen molar-refractivity contribution in [3.63, 3.8) is 0 Å². The molecule has 1 aromatic rings. The minimum atomic E-state index is -4.32. The van der Waals surface area contributed by atoms with Crippen LogP contribution in [0.4, 0.5) is 0 Å². The molecule has 0 bridgehead atoms. The van der Waals surface area contributed by atoms with Crippen molar-refractivity contribution >= 4 is 15.9 Å². The number of hydrazine groups is 1. The molecule has 12 nitrogen and oxygen atoms in total. The molecule has 31 heavy (non-hydrogen) atoms. The third-order valence-electron chi connectivity index (χ3n) is 6.10. The molecule has 0 radical (unpaired) electrons. The molecule has 2 aliphatic rings. The Morgan fingerprint density at radius 2 is 2.10 bits per heavy atom. The molecule has 5 atom stereocenters. The summed E-state index contributed by atoms with van der Waals surface area (Å²) in [6.07, 6.45) is -0.476. The Morgan fingerprint density at radius 3 is 2.65 bits per heavy atom. The van der Waals surface area contributed by atoms with E-state index in [0.717, 1.165) is 5.56 Å². The van der Waals surface area contributed by atoms with Gasteiger partial charge >= 0.3 is 0 Å². The Kier molecular flexibility index (Phi) is 6.05. The first-order valence-corrected chi connectivity index (χ1v) is 10.9. The van der Waals surface area contributed by atoms with Crippen LogP contribution >= 0.6 is 0 Å². The number of aliphatic hydroxyl groups is 1. The molecule has 1 saturated carbocycles. The number of hydrogen-bond donors (Lipinski definition) is 2. The fraction of sp³-hybridized carbons (Fsp3) is 0.500. The van der Waals surface area contributed by atoms with E-state index < -0.39 is 56.8 Å². The largest absolute Gasteiger partial charge is 0.390 e. The average molecular weight is 450 g/mol. The number of aryl methyl sites for hydroxylation is 1. The number of nitro groups is 1. The molecule has 0 aromatic heterocycles. The van der Waals surface area contributed by atoms with E-state index in [1.807, 2.05) is 0 Å². The van der Waals surface area contributed by atoms with Crippen LogP contribution in [-0.4, -0.2) is 53.5 Å². The van der Waals surface area contributed by atoms with E-state index in [2.05, 4.69) is 22.0 Å². The molecule has 0 unspecified atom stereocenters. The Hall–Kier alpha value is -2.99. The SMILES string of the molecule is C=C[C@@]12NN(S(=O)(=O)c3ccc(C)cc3)C(=O)C[C@@H]1[C@@H](C[N+](=O)[O-])[C@H](CN=[N+]=[N-])[C@H]2O. The van der Waals surface area contributed by atoms with Crippen molar-refractivity contribution in [3.05, 3.63) is 63.0 Å². The second-order valence-electron chi connectivity index (χ2n) is 7.74. The van der Waals surface area contributed by atoms with E-state index in [1.165, 1.54) is 18.2 Å². The van der Waals surface area contributed by atoms with Crippen molar-refractivity contribution in [2.24, 2.45) is 22.9 Å². The minimum Gasteiger partial charge on any atom is -0.390 e. The number of benzene rings is 1. The number of azide groups is 1. The molecule has 1 saturated heterocycles. The number of nitrogens with zero attached hydrogens (tertiary/aromatic N) is 5. The van der Waals surface area contributed by atoms with Gasteiger partial charge in [-0.05, 0) is 24.6 Å². The van der Waals surface area contributed by atoms with Crippen molar-refractivity contribution in [2.45, 2.75) is 29.9 Å². The van der Waals surface area contributed by atoms with Crippen LogP contribution in [0.25, 0.3) is 10.4 Å². The van der Waals surface area contributed by atoms with E-state index in [-0.39, 0.29) is 17.9 Å². The quantitative estimate of drug-likeness (QED) is 0.156. The lowest BCUT2D eigenvalue weighted by atomic mass is 9.78. The molecule has 3 rings (SSSR count). The third kappa shape index (κ3) is 3.76. The number of hydrogen-bond acceptors (Lipinski definition) is 8. The number of carbonyl (C=O) groups excluding carboxylic acids is 1. The molecule has 0 spiro atoms. The summed E-state index contributed by atoms with van der Waals surface area (Å²) in [5.74, 6) is -3.34. The fourth-order valence-corrected chi connectivity index (χ4v) is 5.88. The van der Waals surface area contributed by atoms with Crippen molar-refractivity contribution in [1.82, 2.24) is 9.84 Å². The topological polar surface area (TPSA) is 179 Å². The predicted octanol–water partition coefficient (Wildman–Crippen LogP) is 1.16. The number of rotatable bonds is 7. The van der Waals surface area contributed by atoms with Gasteiger partial charge in [-0.1, -0.05) is 28.9 Å². The lowest BCUT2D eigenvalue weighted by Gasteiger charge is -2.45. The second-order valence-corrected chi connectivity index (χ2v) is 9.52. The van der Waals surface area contributed by atoms with Crippen LogP contribution in [0, 0.1) is 34.8 Å². The average Bonchev–Trinajstić information content (AvgIpc) is 2.93. The Bertz CT molecular complexity index is 1050. The van der Waals surface area contributed by atoms with Gasteiger partial charge in [-0.3, -0.25) is 14.9 Å². The zero-order valence-corrected chi connectivity index (χ0v) is 17.5. The number of sulfonamides is 1. The minimum absolute atomic E-state index is 0.128. The normalized spacial score (nSPS) is 30.4. The van der Waals surface area contributed by atoms with Gasteiger partial charge in [0.15, 0.2) is 0 Å². The van der Waals surface area contributed by atoms with Gasteiger partial charge < -0.3 is 5.11 Å². The summed E-state index contributed by atoms with van der Waals surface area (Å²) in [7, 11) is -4.32. The number of aliphatic hydroxyl groups excluding tert-OH is 1. The summed E-state index contributed by atoms with van der Waals surface area (Å²) in [6, 6.07) is 5.89. The molecule has 1 aliphatic carbocycles. The van der Waals surface area contributed by atoms with E-state index >= 15 is 0 Å². The molecule has 1 heterocycles. The van der Waals surface area contributed by atoms with Crippen LogP contribution in [0.3, 0.4) is 0 Å². The summed E-state index contributed by atoms with van der Waals surface area (Å²) < 4.78 is 26.7. The molecular formula is C18H22N6O6S. The first-order valence-electron chi connectivity index (χ1n) is 9.45. The highest BCUT2D eigenvalue weighted by Gasteiger charge is 2.64. The molecule has 2 N–H and O–H groups in total. The molecule has 13 heteroatoms. The lowest BCUT2D eigenvalue weighted by Crippen LogP contribution is -2.68. The van der Waals surface area contributed by atoms with Gasteiger partial charge in [-0.2, -0.15) is 12.8 Å². The van der Waals surface area contributed by atoms with E-state index in [4.69, 9.17) is 5.53 Å². The van der Waals surface area contributed by atoms with Gasteiger partial charge in [0, 0.05) is 40.6 Å². The molecule has 166 valence electrons. The predicted molar refractivity (Wildman–Crippen MR) is 108 cm³/mol. The van der Waals surface area contributed by atoms with Crippen LogP contribution in [0.2, 0.25) is 0 Å². The Balaban J connectivity index is 2.05. The van der Waals surface area contributed by atoms with Gasteiger partial charge in [0.05, 0.1) is 16.5 Å². The number of carbonyl (C=O) groups is 1. The van der Waals surface area contributed by atoms with Crippen molar-refractivity contribution in [3.8, 4) is 0 Å².